The number of nitrogens with two attached hydrogens (primary N) is 2. The molecule has 0 aromatic carbocycles. The highest BCUT2D eigenvalue weighted by Crippen LogP contribution is 2.18. The van der Waals surface area contributed by atoms with Gasteiger partial charge >= 0.3 is 6.18 Å². The van der Waals surface area contributed by atoms with E-state index in [0.717, 1.165) is 12.3 Å². The van der Waals surface area contributed by atoms with Gasteiger partial charge in [-0.05, 0) is 18.6 Å². The minimum absolute atomic E-state index is 0.148. The van der Waals surface area contributed by atoms with Crippen LogP contribution >= 0.6 is 0 Å². The van der Waals surface area contributed by atoms with Gasteiger partial charge < -0.3 is 5.73 Å². The van der Waals surface area contributed by atoms with Crippen molar-refractivity contribution in [3.8, 4) is 0 Å². The third-order valence-corrected chi connectivity index (χ3v) is 3.31. The van der Waals surface area contributed by atoms with Crippen molar-refractivity contribution in [2.45, 2.75) is 26.1 Å². The zero-order valence-electron chi connectivity index (χ0n) is 13.0. The lowest BCUT2D eigenvalue weighted by molar-refractivity contribution is -0.0615. The first-order chi connectivity index (χ1) is 11.2. The van der Waals surface area contributed by atoms with Gasteiger partial charge in [-0.15, -0.1) is 5.10 Å². The Morgan fingerprint density at radius 1 is 1.58 bits per heavy atom. The molecule has 0 aliphatic carbocycles. The van der Waals surface area contributed by atoms with Gasteiger partial charge in [-0.3, -0.25) is 0 Å². The second kappa shape index (κ2) is 6.87. The molecule has 7 nitrogen and oxygen atoms in total. The van der Waals surface area contributed by atoms with Gasteiger partial charge in [0.2, 0.25) is 5.84 Å². The van der Waals surface area contributed by atoms with Crippen LogP contribution < -0.4 is 11.6 Å². The Morgan fingerprint density at radius 2 is 2.29 bits per heavy atom. The average Bonchev–Trinajstić information content (AvgIpc) is 2.89. The molecule has 1 aromatic heterocycles. The number of amidine groups is 1. The van der Waals surface area contributed by atoms with E-state index >= 15 is 0 Å². The number of alkyl halides is 3. The number of rotatable bonds is 4. The Bertz CT molecular complexity index is 700. The molecular formula is C14H18F3N7. The van der Waals surface area contributed by atoms with Crippen LogP contribution in [0.5, 0.6) is 0 Å². The SMILES string of the molecule is C=Cc1cc(CN(N)/N=C(\N)C(F)(F)F)nn1C1=NC=CCC1C. The summed E-state index contributed by atoms with van der Waals surface area (Å²) in [6.45, 7) is 5.56. The van der Waals surface area contributed by atoms with Gasteiger partial charge in [0.1, 0.15) is 5.84 Å². The third kappa shape index (κ3) is 4.02. The summed E-state index contributed by atoms with van der Waals surface area (Å²) in [6.07, 6.45) is 1.30. The van der Waals surface area contributed by atoms with Gasteiger partial charge in [0, 0.05) is 12.1 Å². The van der Waals surface area contributed by atoms with Crippen molar-refractivity contribution < 1.29 is 13.2 Å². The Morgan fingerprint density at radius 3 is 2.88 bits per heavy atom. The minimum atomic E-state index is -4.73. The molecule has 1 atom stereocenters. The molecule has 1 aromatic rings. The Labute approximate surface area is 136 Å². The monoisotopic (exact) mass is 341 g/mol. The number of hydrogen-bond acceptors (Lipinski definition) is 5. The molecule has 2 heterocycles. The molecule has 10 heteroatoms. The fraction of sp³-hybridized carbons (Fsp3) is 0.357. The summed E-state index contributed by atoms with van der Waals surface area (Å²) in [6, 6.07) is 1.65. The van der Waals surface area contributed by atoms with Crippen LogP contribution in [-0.4, -0.2) is 32.7 Å². The van der Waals surface area contributed by atoms with Crippen LogP contribution in [0.4, 0.5) is 13.2 Å². The number of aromatic nitrogens is 2. The second-order valence-electron chi connectivity index (χ2n) is 5.27. The molecule has 0 fully saturated rings. The number of hydrogen-bond donors (Lipinski definition) is 2. The Balaban J connectivity index is 2.23. The number of hydrazine groups is 1. The van der Waals surface area contributed by atoms with Crippen LogP contribution in [0.2, 0.25) is 0 Å². The first kappa shape index (κ1) is 17.7. The van der Waals surface area contributed by atoms with Crippen LogP contribution in [0, 0.1) is 5.92 Å². The smallest absolute Gasteiger partial charge is 0.378 e. The highest BCUT2D eigenvalue weighted by molar-refractivity contribution is 5.88. The van der Waals surface area contributed by atoms with Crippen LogP contribution in [-0.2, 0) is 6.54 Å². The van der Waals surface area contributed by atoms with E-state index in [4.69, 9.17) is 11.6 Å². The van der Waals surface area contributed by atoms with E-state index in [9.17, 15) is 13.2 Å². The van der Waals surface area contributed by atoms with E-state index in [0.29, 0.717) is 16.5 Å². The second-order valence-corrected chi connectivity index (χ2v) is 5.27. The molecular weight excluding hydrogens is 323 g/mol. The molecule has 4 N–H and O–H groups in total. The van der Waals surface area contributed by atoms with Gasteiger partial charge in [-0.1, -0.05) is 19.6 Å². The van der Waals surface area contributed by atoms with Crippen LogP contribution in [0.25, 0.3) is 6.08 Å². The van der Waals surface area contributed by atoms with Crippen molar-refractivity contribution >= 4 is 17.7 Å². The fourth-order valence-electron chi connectivity index (χ4n) is 2.14. The predicted octanol–water partition coefficient (Wildman–Crippen LogP) is 1.84. The quantitative estimate of drug-likeness (QED) is 0.378. The maximum atomic E-state index is 12.4. The average molecular weight is 341 g/mol. The fourth-order valence-corrected chi connectivity index (χ4v) is 2.14. The number of halogens is 3. The summed E-state index contributed by atoms with van der Waals surface area (Å²) in [5, 5.41) is 8.02. The normalized spacial score (nSPS) is 18.5. The van der Waals surface area contributed by atoms with E-state index in [1.165, 1.54) is 0 Å². The topological polar surface area (TPSA) is 97.8 Å². The predicted molar refractivity (Wildman–Crippen MR) is 85.5 cm³/mol. The van der Waals surface area contributed by atoms with E-state index in [1.807, 2.05) is 13.0 Å². The number of allylic oxidation sites excluding steroid dienone is 1. The van der Waals surface area contributed by atoms with Crippen LogP contribution in [0.3, 0.4) is 0 Å². The lowest BCUT2D eigenvalue weighted by atomic mass is 10.1. The van der Waals surface area contributed by atoms with E-state index in [-0.39, 0.29) is 12.5 Å². The molecule has 2 rings (SSSR count). The molecule has 130 valence electrons. The van der Waals surface area contributed by atoms with Crippen molar-refractivity contribution in [2.24, 2.45) is 27.6 Å². The Hall–Kier alpha value is -2.62. The summed E-state index contributed by atoms with van der Waals surface area (Å²) in [4.78, 5) is 4.31. The number of nitrogens with zero attached hydrogens (tertiary/aromatic N) is 5. The highest BCUT2D eigenvalue weighted by atomic mass is 19.4. The van der Waals surface area contributed by atoms with E-state index in [1.54, 1.807) is 23.0 Å². The van der Waals surface area contributed by atoms with Crippen molar-refractivity contribution in [1.82, 2.24) is 14.9 Å². The molecule has 1 aliphatic rings. The maximum absolute atomic E-state index is 12.4. The standard InChI is InChI=1S/C14H18F3N7/c1-3-11-7-10(8-23(19)22-13(18)14(15,16)17)21-24(11)12-9(2)5-4-6-20-12/h3-4,6-7,9H,1,5,8,19H2,2H3,(H2,18,22). The molecule has 24 heavy (non-hydrogen) atoms. The van der Waals surface area contributed by atoms with E-state index in [2.05, 4.69) is 21.8 Å². The summed E-state index contributed by atoms with van der Waals surface area (Å²) in [5.74, 6) is 4.81. The lowest BCUT2D eigenvalue weighted by Gasteiger charge is -2.17. The zero-order chi connectivity index (χ0) is 17.9. The largest absolute Gasteiger partial charge is 0.450 e. The summed E-state index contributed by atoms with van der Waals surface area (Å²) in [7, 11) is 0. The van der Waals surface area contributed by atoms with Crippen LogP contribution in [0.15, 0.2) is 35.0 Å². The summed E-state index contributed by atoms with van der Waals surface area (Å²) >= 11 is 0. The molecule has 0 amide bonds. The van der Waals surface area contributed by atoms with Crippen molar-refractivity contribution in [3.63, 3.8) is 0 Å². The summed E-state index contributed by atoms with van der Waals surface area (Å²) in [5.41, 5.74) is 5.91. The first-order valence-corrected chi connectivity index (χ1v) is 7.10. The van der Waals surface area contributed by atoms with Gasteiger partial charge in [-0.2, -0.15) is 18.3 Å². The van der Waals surface area contributed by atoms with Crippen LogP contribution in [0.1, 0.15) is 24.7 Å². The highest BCUT2D eigenvalue weighted by Gasteiger charge is 2.34. The number of aliphatic imine (C=N–C) groups is 1. The zero-order valence-corrected chi connectivity index (χ0v) is 13.0. The Kier molecular flexibility index (Phi) is 5.07. The molecule has 0 saturated carbocycles. The van der Waals surface area contributed by atoms with Gasteiger partial charge in [0.25, 0.3) is 0 Å². The van der Waals surface area contributed by atoms with Gasteiger partial charge in [0.05, 0.1) is 17.9 Å². The maximum Gasteiger partial charge on any atom is 0.450 e. The lowest BCUT2D eigenvalue weighted by Crippen LogP contribution is -2.36. The molecule has 0 spiro atoms. The first-order valence-electron chi connectivity index (χ1n) is 7.10. The van der Waals surface area contributed by atoms with Gasteiger partial charge in [0.15, 0.2) is 0 Å². The number of hydrazone groups is 1. The summed E-state index contributed by atoms with van der Waals surface area (Å²) < 4.78 is 38.7. The molecule has 0 bridgehead atoms. The van der Waals surface area contributed by atoms with Gasteiger partial charge in [-0.25, -0.2) is 20.6 Å². The van der Waals surface area contributed by atoms with Crippen molar-refractivity contribution in [3.05, 3.63) is 36.3 Å². The van der Waals surface area contributed by atoms with E-state index < -0.39 is 12.0 Å². The molecule has 0 radical (unpaired) electrons. The minimum Gasteiger partial charge on any atom is -0.378 e. The third-order valence-electron chi connectivity index (χ3n) is 3.31. The molecule has 0 saturated heterocycles. The van der Waals surface area contributed by atoms with Crippen molar-refractivity contribution in [2.75, 3.05) is 0 Å². The molecule has 1 unspecified atom stereocenters. The molecule has 1 aliphatic heterocycles. The van der Waals surface area contributed by atoms with Crippen molar-refractivity contribution in [1.29, 1.82) is 0 Å².